The van der Waals surface area contributed by atoms with E-state index in [1.54, 1.807) is 11.3 Å². The van der Waals surface area contributed by atoms with Crippen LogP contribution in [0.25, 0.3) is 0 Å². The molecule has 0 aliphatic carbocycles. The van der Waals surface area contributed by atoms with Crippen LogP contribution in [-0.4, -0.2) is 36.6 Å². The first-order valence-corrected chi connectivity index (χ1v) is 10.6. The second-order valence-electron chi connectivity index (χ2n) is 7.98. The fourth-order valence-electron chi connectivity index (χ4n) is 3.14. The molecule has 0 bridgehead atoms. The normalized spacial score (nSPS) is 18.0. The van der Waals surface area contributed by atoms with E-state index in [1.165, 1.54) is 5.69 Å². The standard InChI is InChI=1S/C21H31N5S/c1-5-22-20(23-13-19-25-18(15-27-19)21(2,3)4)24-16-11-12-26(14-16)17-9-7-6-8-10-17/h6-10,15-16H,5,11-14H2,1-4H3,(H2,22,23,24). The summed E-state index contributed by atoms with van der Waals surface area (Å²) in [6.45, 7) is 12.2. The zero-order valence-electron chi connectivity index (χ0n) is 16.8. The van der Waals surface area contributed by atoms with Crippen LogP contribution >= 0.6 is 11.3 Å². The number of benzene rings is 1. The van der Waals surface area contributed by atoms with Crippen molar-refractivity contribution in [3.63, 3.8) is 0 Å². The van der Waals surface area contributed by atoms with Crippen molar-refractivity contribution >= 4 is 23.0 Å². The maximum absolute atomic E-state index is 4.76. The van der Waals surface area contributed by atoms with Crippen molar-refractivity contribution in [1.29, 1.82) is 0 Å². The first-order valence-electron chi connectivity index (χ1n) is 9.75. The third-order valence-electron chi connectivity index (χ3n) is 4.69. The Hall–Kier alpha value is -2.08. The van der Waals surface area contributed by atoms with Crippen LogP contribution in [0.15, 0.2) is 40.7 Å². The molecular weight excluding hydrogens is 354 g/mol. The third kappa shape index (κ3) is 5.45. The Bertz CT molecular complexity index is 747. The second-order valence-corrected chi connectivity index (χ2v) is 8.93. The highest BCUT2D eigenvalue weighted by atomic mass is 32.1. The molecule has 1 atom stereocenters. The molecule has 1 saturated heterocycles. The van der Waals surface area contributed by atoms with Gasteiger partial charge in [-0.3, -0.25) is 0 Å². The molecule has 27 heavy (non-hydrogen) atoms. The van der Waals surface area contributed by atoms with Gasteiger partial charge in [-0.1, -0.05) is 39.0 Å². The van der Waals surface area contributed by atoms with E-state index >= 15 is 0 Å². The van der Waals surface area contributed by atoms with E-state index in [-0.39, 0.29) is 5.41 Å². The summed E-state index contributed by atoms with van der Waals surface area (Å²) in [6.07, 6.45) is 1.12. The van der Waals surface area contributed by atoms with Crippen molar-refractivity contribution in [1.82, 2.24) is 15.6 Å². The van der Waals surface area contributed by atoms with E-state index in [2.05, 4.69) is 78.9 Å². The summed E-state index contributed by atoms with van der Waals surface area (Å²) in [7, 11) is 0. The van der Waals surface area contributed by atoms with E-state index in [0.717, 1.165) is 42.7 Å². The van der Waals surface area contributed by atoms with Crippen LogP contribution in [0.1, 0.15) is 44.8 Å². The fourth-order valence-corrected chi connectivity index (χ4v) is 4.08. The Balaban J connectivity index is 1.59. The predicted molar refractivity (Wildman–Crippen MR) is 116 cm³/mol. The van der Waals surface area contributed by atoms with Crippen molar-refractivity contribution in [3.8, 4) is 0 Å². The number of rotatable bonds is 5. The highest BCUT2D eigenvalue weighted by molar-refractivity contribution is 7.09. The largest absolute Gasteiger partial charge is 0.369 e. The van der Waals surface area contributed by atoms with E-state index in [9.17, 15) is 0 Å². The number of anilines is 1. The molecule has 3 rings (SSSR count). The maximum atomic E-state index is 4.76. The molecule has 0 radical (unpaired) electrons. The fraction of sp³-hybridized carbons (Fsp3) is 0.524. The van der Waals surface area contributed by atoms with Gasteiger partial charge < -0.3 is 15.5 Å². The Morgan fingerprint density at radius 3 is 2.74 bits per heavy atom. The van der Waals surface area contributed by atoms with Gasteiger partial charge in [0.1, 0.15) is 5.01 Å². The monoisotopic (exact) mass is 385 g/mol. The van der Waals surface area contributed by atoms with Crippen molar-refractivity contribution < 1.29 is 0 Å². The lowest BCUT2D eigenvalue weighted by Gasteiger charge is -2.20. The van der Waals surface area contributed by atoms with Gasteiger partial charge in [0.05, 0.1) is 12.2 Å². The Kier molecular flexibility index (Phi) is 6.37. The summed E-state index contributed by atoms with van der Waals surface area (Å²) in [4.78, 5) is 11.9. The van der Waals surface area contributed by atoms with Crippen LogP contribution < -0.4 is 15.5 Å². The molecule has 1 aliphatic rings. The lowest BCUT2D eigenvalue weighted by atomic mass is 9.93. The van der Waals surface area contributed by atoms with Gasteiger partial charge in [0.25, 0.3) is 0 Å². The van der Waals surface area contributed by atoms with Crippen LogP contribution in [0.3, 0.4) is 0 Å². The number of hydrogen-bond acceptors (Lipinski definition) is 4. The number of aliphatic imine (C=N–C) groups is 1. The SMILES string of the molecule is CCNC(=NCc1nc(C(C)(C)C)cs1)NC1CCN(c2ccccc2)C1. The summed E-state index contributed by atoms with van der Waals surface area (Å²) in [5, 5.41) is 10.2. The number of thiazole rings is 1. The van der Waals surface area contributed by atoms with Crippen molar-refractivity contribution in [2.45, 2.75) is 52.1 Å². The average molecular weight is 386 g/mol. The van der Waals surface area contributed by atoms with Crippen molar-refractivity contribution in [3.05, 3.63) is 46.4 Å². The lowest BCUT2D eigenvalue weighted by Crippen LogP contribution is -2.44. The smallest absolute Gasteiger partial charge is 0.191 e. The minimum Gasteiger partial charge on any atom is -0.369 e. The molecule has 2 N–H and O–H groups in total. The molecular formula is C21H31N5S. The summed E-state index contributed by atoms with van der Waals surface area (Å²) in [5.41, 5.74) is 2.53. The molecule has 5 nitrogen and oxygen atoms in total. The van der Waals surface area contributed by atoms with Gasteiger partial charge in [0.15, 0.2) is 5.96 Å². The number of guanidine groups is 1. The molecule has 2 aromatic rings. The van der Waals surface area contributed by atoms with Crippen LogP contribution in [0.4, 0.5) is 5.69 Å². The Labute approximate surface area is 166 Å². The van der Waals surface area contributed by atoms with Crippen molar-refractivity contribution in [2.24, 2.45) is 4.99 Å². The quantitative estimate of drug-likeness (QED) is 0.608. The number of nitrogens with zero attached hydrogens (tertiary/aromatic N) is 3. The number of aromatic nitrogens is 1. The number of hydrogen-bond donors (Lipinski definition) is 2. The Morgan fingerprint density at radius 1 is 1.30 bits per heavy atom. The van der Waals surface area contributed by atoms with Gasteiger partial charge in [0, 0.05) is 42.2 Å². The average Bonchev–Trinajstić information content (AvgIpc) is 3.30. The molecule has 1 aromatic carbocycles. The molecule has 1 unspecified atom stereocenters. The molecule has 2 heterocycles. The van der Waals surface area contributed by atoms with E-state index < -0.39 is 0 Å². The molecule has 0 amide bonds. The molecule has 0 saturated carbocycles. The van der Waals surface area contributed by atoms with Crippen LogP contribution in [-0.2, 0) is 12.0 Å². The summed E-state index contributed by atoms with van der Waals surface area (Å²) in [6, 6.07) is 11.0. The summed E-state index contributed by atoms with van der Waals surface area (Å²) in [5.74, 6) is 0.880. The van der Waals surface area contributed by atoms with Gasteiger partial charge in [-0.2, -0.15) is 0 Å². The highest BCUT2D eigenvalue weighted by Gasteiger charge is 2.23. The van der Waals surface area contributed by atoms with Gasteiger partial charge >= 0.3 is 0 Å². The number of para-hydroxylation sites is 1. The predicted octanol–water partition coefficient (Wildman–Crippen LogP) is 3.77. The zero-order valence-corrected chi connectivity index (χ0v) is 17.6. The zero-order chi connectivity index (χ0) is 19.3. The molecule has 1 aliphatic heterocycles. The van der Waals surface area contributed by atoms with E-state index in [1.807, 2.05) is 0 Å². The molecule has 146 valence electrons. The molecule has 1 fully saturated rings. The van der Waals surface area contributed by atoms with Gasteiger partial charge in [-0.25, -0.2) is 9.98 Å². The van der Waals surface area contributed by atoms with E-state index in [4.69, 9.17) is 9.98 Å². The first kappa shape index (κ1) is 19.7. The topological polar surface area (TPSA) is 52.6 Å². The third-order valence-corrected chi connectivity index (χ3v) is 5.52. The first-order chi connectivity index (χ1) is 13.0. The van der Waals surface area contributed by atoms with Gasteiger partial charge in [0.2, 0.25) is 0 Å². The van der Waals surface area contributed by atoms with Crippen LogP contribution in [0.5, 0.6) is 0 Å². The minimum atomic E-state index is 0.0892. The molecule has 1 aromatic heterocycles. The lowest BCUT2D eigenvalue weighted by molar-refractivity contribution is 0.571. The van der Waals surface area contributed by atoms with Crippen molar-refractivity contribution in [2.75, 3.05) is 24.5 Å². The highest BCUT2D eigenvalue weighted by Crippen LogP contribution is 2.24. The molecule has 6 heteroatoms. The van der Waals surface area contributed by atoms with E-state index in [0.29, 0.717) is 12.6 Å². The van der Waals surface area contributed by atoms with Crippen LogP contribution in [0, 0.1) is 0 Å². The number of nitrogens with one attached hydrogen (secondary N) is 2. The summed E-state index contributed by atoms with van der Waals surface area (Å²) >= 11 is 1.69. The molecule has 0 spiro atoms. The second kappa shape index (κ2) is 8.74. The van der Waals surface area contributed by atoms with Gasteiger partial charge in [-0.15, -0.1) is 11.3 Å². The maximum Gasteiger partial charge on any atom is 0.191 e. The minimum absolute atomic E-state index is 0.0892. The van der Waals surface area contributed by atoms with Gasteiger partial charge in [-0.05, 0) is 25.5 Å². The Morgan fingerprint density at radius 2 is 2.07 bits per heavy atom. The summed E-state index contributed by atoms with van der Waals surface area (Å²) < 4.78 is 0. The van der Waals surface area contributed by atoms with Crippen LogP contribution in [0.2, 0.25) is 0 Å².